The lowest BCUT2D eigenvalue weighted by molar-refractivity contribution is -0.130. The van der Waals surface area contributed by atoms with Crippen LogP contribution in [0.4, 0.5) is 0 Å². The number of benzene rings is 3. The Morgan fingerprint density at radius 2 is 1.77 bits per heavy atom. The first-order chi connectivity index (χ1) is 16.9. The summed E-state index contributed by atoms with van der Waals surface area (Å²) in [6, 6.07) is 19.3. The molecule has 0 amide bonds. The van der Waals surface area contributed by atoms with Gasteiger partial charge in [-0.2, -0.15) is 5.10 Å². The van der Waals surface area contributed by atoms with Crippen LogP contribution in [0.15, 0.2) is 72.8 Å². The second-order valence-corrected chi connectivity index (χ2v) is 9.01. The summed E-state index contributed by atoms with van der Waals surface area (Å²) in [6.07, 6.45) is 1.88. The molecule has 2 heterocycles. The van der Waals surface area contributed by atoms with Crippen LogP contribution in [0.25, 0.3) is 22.5 Å². The summed E-state index contributed by atoms with van der Waals surface area (Å²) < 4.78 is 12.7. The highest BCUT2D eigenvalue weighted by molar-refractivity contribution is 6.34. The van der Waals surface area contributed by atoms with Crippen molar-refractivity contribution in [2.45, 2.75) is 6.42 Å². The van der Waals surface area contributed by atoms with E-state index in [9.17, 15) is 9.90 Å². The lowest BCUT2D eigenvalue weighted by Crippen LogP contribution is -2.02. The van der Waals surface area contributed by atoms with Crippen LogP contribution in [0.1, 0.15) is 11.3 Å². The van der Waals surface area contributed by atoms with Gasteiger partial charge in [0, 0.05) is 22.0 Å². The number of rotatable bonds is 6. The third-order valence-electron chi connectivity index (χ3n) is 5.45. The van der Waals surface area contributed by atoms with Crippen molar-refractivity contribution in [2.75, 3.05) is 6.79 Å². The highest BCUT2D eigenvalue weighted by Gasteiger charge is 2.19. The molecule has 1 aliphatic heterocycles. The summed E-state index contributed by atoms with van der Waals surface area (Å²) in [5.74, 6) is 0.236. The summed E-state index contributed by atoms with van der Waals surface area (Å²) >= 11 is 18.8. The number of carbonyl (C=O) groups is 1. The number of hydrogen-bond donors (Lipinski definition) is 1. The molecule has 5 rings (SSSR count). The highest BCUT2D eigenvalue weighted by atomic mass is 35.5. The number of hydrogen-bond acceptors (Lipinski definition) is 4. The molecule has 6 nitrogen and oxygen atoms in total. The molecule has 4 aromatic rings. The fourth-order valence-corrected chi connectivity index (χ4v) is 4.37. The van der Waals surface area contributed by atoms with E-state index in [1.165, 1.54) is 0 Å². The molecule has 35 heavy (non-hydrogen) atoms. The fraction of sp³-hybridized carbons (Fsp3) is 0.0769. The second kappa shape index (κ2) is 9.66. The molecule has 0 fully saturated rings. The normalized spacial score (nSPS) is 12.7. The van der Waals surface area contributed by atoms with Crippen molar-refractivity contribution < 1.29 is 19.4 Å². The quantitative estimate of drug-likeness (QED) is 0.275. The van der Waals surface area contributed by atoms with E-state index >= 15 is 0 Å². The van der Waals surface area contributed by atoms with Crippen molar-refractivity contribution >= 4 is 46.3 Å². The van der Waals surface area contributed by atoms with Gasteiger partial charge in [-0.1, -0.05) is 53.0 Å². The molecule has 0 atom stereocenters. The fourth-order valence-electron chi connectivity index (χ4n) is 3.81. The monoisotopic (exact) mass is 526 g/mol. The standard InChI is InChI=1S/C26H17Cl3N2O4/c27-17-3-1-2-15(10-17)20(26(32)33)7-6-19-13-22(16-4-9-24-25(11-16)35-14-34-24)31(30-19)23-12-18(28)5-8-21(23)29/h1-5,7-13H,6,14H2,(H,32,33)/b20-7-. The summed E-state index contributed by atoms with van der Waals surface area (Å²) in [6.45, 7) is 0.162. The molecule has 0 unspecified atom stereocenters. The van der Waals surface area contributed by atoms with E-state index in [0.29, 0.717) is 43.5 Å². The molecule has 0 saturated carbocycles. The number of carboxylic acid groups (broad SMARTS) is 1. The van der Waals surface area contributed by atoms with Gasteiger partial charge in [0.05, 0.1) is 27.7 Å². The maximum Gasteiger partial charge on any atom is 0.335 e. The van der Waals surface area contributed by atoms with E-state index in [2.05, 4.69) is 0 Å². The minimum absolute atomic E-state index is 0.132. The molecule has 1 N–H and O–H groups in total. The predicted molar refractivity (Wildman–Crippen MR) is 136 cm³/mol. The largest absolute Gasteiger partial charge is 0.478 e. The number of aromatic nitrogens is 2. The summed E-state index contributed by atoms with van der Waals surface area (Å²) in [5, 5.41) is 15.9. The van der Waals surface area contributed by atoms with Crippen LogP contribution in [0, 0.1) is 0 Å². The van der Waals surface area contributed by atoms with Crippen molar-refractivity contribution in [3.63, 3.8) is 0 Å². The maximum absolute atomic E-state index is 11.9. The Balaban J connectivity index is 1.59. The number of halogens is 3. The van der Waals surface area contributed by atoms with Crippen LogP contribution < -0.4 is 9.47 Å². The van der Waals surface area contributed by atoms with Crippen molar-refractivity contribution in [3.05, 3.63) is 99.1 Å². The van der Waals surface area contributed by atoms with Crippen molar-refractivity contribution in [1.29, 1.82) is 0 Å². The number of aliphatic carboxylic acids is 1. The first-order valence-electron chi connectivity index (χ1n) is 10.5. The highest BCUT2D eigenvalue weighted by Crippen LogP contribution is 2.37. The van der Waals surface area contributed by atoms with Crippen molar-refractivity contribution in [1.82, 2.24) is 9.78 Å². The van der Waals surface area contributed by atoms with Gasteiger partial charge in [-0.05, 0) is 60.2 Å². The van der Waals surface area contributed by atoms with Gasteiger partial charge >= 0.3 is 5.97 Å². The average molecular weight is 528 g/mol. The first kappa shape index (κ1) is 23.3. The summed E-state index contributed by atoms with van der Waals surface area (Å²) in [5.41, 5.74) is 3.42. The van der Waals surface area contributed by atoms with Crippen molar-refractivity contribution in [3.8, 4) is 28.4 Å². The summed E-state index contributed by atoms with van der Waals surface area (Å²) in [4.78, 5) is 11.9. The number of carboxylic acids is 1. The molecule has 0 saturated heterocycles. The lowest BCUT2D eigenvalue weighted by Gasteiger charge is -2.10. The smallest absolute Gasteiger partial charge is 0.335 e. The van der Waals surface area contributed by atoms with Crippen LogP contribution >= 0.6 is 34.8 Å². The van der Waals surface area contributed by atoms with Gasteiger partial charge in [0.15, 0.2) is 11.5 Å². The first-order valence-corrected chi connectivity index (χ1v) is 11.7. The van der Waals surface area contributed by atoms with Gasteiger partial charge in [0.1, 0.15) is 0 Å². The molecule has 176 valence electrons. The molecule has 9 heteroatoms. The van der Waals surface area contributed by atoms with Crippen molar-refractivity contribution in [2.24, 2.45) is 0 Å². The Labute approximate surface area is 215 Å². The van der Waals surface area contributed by atoms with Gasteiger partial charge in [-0.25, -0.2) is 9.48 Å². The van der Waals surface area contributed by atoms with E-state index < -0.39 is 5.97 Å². The number of allylic oxidation sites excluding steroid dienone is 1. The molecule has 0 spiro atoms. The second-order valence-electron chi connectivity index (χ2n) is 7.73. The SMILES string of the molecule is O=C(O)/C(=C\Cc1cc(-c2ccc3c(c2)OCO3)n(-c2cc(Cl)ccc2Cl)n1)c1cccc(Cl)c1. The van der Waals surface area contributed by atoms with E-state index in [-0.39, 0.29) is 18.8 Å². The zero-order valence-corrected chi connectivity index (χ0v) is 20.3. The van der Waals surface area contributed by atoms with Gasteiger partial charge in [0.25, 0.3) is 0 Å². The minimum atomic E-state index is -1.06. The molecular formula is C26H17Cl3N2O4. The lowest BCUT2D eigenvalue weighted by atomic mass is 10.0. The Bertz CT molecular complexity index is 1480. The Hall–Kier alpha value is -3.45. The number of fused-ring (bicyclic) bond motifs is 1. The minimum Gasteiger partial charge on any atom is -0.478 e. The predicted octanol–water partition coefficient (Wildman–Crippen LogP) is 6.94. The van der Waals surface area contributed by atoms with Crippen LogP contribution in [0.2, 0.25) is 15.1 Å². The molecule has 1 aliphatic rings. The molecule has 0 bridgehead atoms. The topological polar surface area (TPSA) is 73.6 Å². The van der Waals surface area contributed by atoms with Gasteiger partial charge in [-0.15, -0.1) is 0 Å². The van der Waals surface area contributed by atoms with E-state index in [1.807, 2.05) is 24.3 Å². The molecular weight excluding hydrogens is 511 g/mol. The van der Waals surface area contributed by atoms with E-state index in [0.717, 1.165) is 11.3 Å². The number of nitrogens with zero attached hydrogens (tertiary/aromatic N) is 2. The molecule has 3 aromatic carbocycles. The van der Waals surface area contributed by atoms with Crippen LogP contribution in [-0.4, -0.2) is 27.6 Å². The Morgan fingerprint density at radius 1 is 0.971 bits per heavy atom. The maximum atomic E-state index is 11.9. The zero-order valence-electron chi connectivity index (χ0n) is 18.0. The Morgan fingerprint density at radius 3 is 2.57 bits per heavy atom. The van der Waals surface area contributed by atoms with E-state index in [1.54, 1.807) is 53.2 Å². The van der Waals surface area contributed by atoms with Crippen LogP contribution in [0.3, 0.4) is 0 Å². The molecule has 1 aromatic heterocycles. The zero-order chi connectivity index (χ0) is 24.5. The number of ether oxygens (including phenoxy) is 2. The Kier molecular flexibility index (Phi) is 6.43. The van der Waals surface area contributed by atoms with Gasteiger partial charge in [0.2, 0.25) is 6.79 Å². The molecule has 0 aliphatic carbocycles. The van der Waals surface area contributed by atoms with Crippen LogP contribution in [0.5, 0.6) is 11.5 Å². The van der Waals surface area contributed by atoms with Gasteiger partial charge < -0.3 is 14.6 Å². The molecule has 0 radical (unpaired) electrons. The van der Waals surface area contributed by atoms with Crippen LogP contribution in [-0.2, 0) is 11.2 Å². The third-order valence-corrected chi connectivity index (χ3v) is 6.24. The average Bonchev–Trinajstić information content (AvgIpc) is 3.47. The van der Waals surface area contributed by atoms with Gasteiger partial charge in [-0.3, -0.25) is 0 Å². The van der Waals surface area contributed by atoms with E-state index in [4.69, 9.17) is 49.4 Å². The summed E-state index contributed by atoms with van der Waals surface area (Å²) in [7, 11) is 0. The third kappa shape index (κ3) is 4.86.